The van der Waals surface area contributed by atoms with Crippen molar-refractivity contribution in [3.05, 3.63) is 45.2 Å². The summed E-state index contributed by atoms with van der Waals surface area (Å²) in [7, 11) is 0. The Hall–Kier alpha value is -2.48. The van der Waals surface area contributed by atoms with Crippen molar-refractivity contribution in [3.8, 4) is 0 Å². The van der Waals surface area contributed by atoms with Crippen LogP contribution in [0.2, 0.25) is 0 Å². The van der Waals surface area contributed by atoms with Gasteiger partial charge in [-0.1, -0.05) is 5.16 Å². The second-order valence-electron chi connectivity index (χ2n) is 6.52. The number of hydrogen-bond acceptors (Lipinski definition) is 6. The molecule has 2 aromatic heterocycles. The third kappa shape index (κ3) is 4.14. The highest BCUT2D eigenvalue weighted by Crippen LogP contribution is 2.19. The molecule has 1 aliphatic heterocycles. The number of aryl methyl sites for hydroxylation is 3. The summed E-state index contributed by atoms with van der Waals surface area (Å²) in [6, 6.07) is 3.25. The molecule has 3 heterocycles. The average molecular weight is 346 g/mol. The summed E-state index contributed by atoms with van der Waals surface area (Å²) in [5.74, 6) is 0.632. The van der Waals surface area contributed by atoms with Gasteiger partial charge in [-0.2, -0.15) is 5.10 Å². The maximum atomic E-state index is 12.3. The van der Waals surface area contributed by atoms with Gasteiger partial charge in [-0.05, 0) is 26.3 Å². The van der Waals surface area contributed by atoms with Crippen LogP contribution in [0.5, 0.6) is 0 Å². The Bertz CT molecular complexity index is 826. The summed E-state index contributed by atoms with van der Waals surface area (Å²) < 4.78 is 11.9. The quantitative estimate of drug-likeness (QED) is 0.848. The Morgan fingerprint density at radius 2 is 2.12 bits per heavy atom. The molecule has 0 aliphatic carbocycles. The van der Waals surface area contributed by atoms with Crippen molar-refractivity contribution in [3.63, 3.8) is 0 Å². The van der Waals surface area contributed by atoms with Crippen LogP contribution in [-0.4, -0.2) is 40.1 Å². The topological polar surface area (TPSA) is 99.2 Å². The summed E-state index contributed by atoms with van der Waals surface area (Å²) in [6.45, 7) is 6.38. The van der Waals surface area contributed by atoms with Crippen LogP contribution in [0.15, 0.2) is 21.5 Å². The zero-order valence-electron chi connectivity index (χ0n) is 14.6. The van der Waals surface area contributed by atoms with Crippen LogP contribution in [0.4, 0.5) is 0 Å². The van der Waals surface area contributed by atoms with E-state index in [1.54, 1.807) is 0 Å². The molecule has 1 aliphatic rings. The van der Waals surface area contributed by atoms with Gasteiger partial charge >= 0.3 is 0 Å². The molecule has 0 bridgehead atoms. The molecule has 0 aromatic carbocycles. The number of aromatic nitrogens is 3. The first kappa shape index (κ1) is 17.3. The van der Waals surface area contributed by atoms with E-state index in [1.165, 1.54) is 10.7 Å². The molecule has 134 valence electrons. The highest BCUT2D eigenvalue weighted by atomic mass is 16.5. The molecule has 1 amide bonds. The first-order valence-electron chi connectivity index (χ1n) is 8.27. The molecule has 1 fully saturated rings. The molecule has 8 nitrogen and oxygen atoms in total. The minimum Gasteiger partial charge on any atom is -0.379 e. The van der Waals surface area contributed by atoms with E-state index >= 15 is 0 Å². The Morgan fingerprint density at radius 1 is 1.32 bits per heavy atom. The normalized spacial score (nSPS) is 20.0. The van der Waals surface area contributed by atoms with Gasteiger partial charge in [0, 0.05) is 24.5 Å². The van der Waals surface area contributed by atoms with E-state index in [1.807, 2.05) is 26.8 Å². The van der Waals surface area contributed by atoms with Gasteiger partial charge in [0.05, 0.1) is 30.6 Å². The summed E-state index contributed by atoms with van der Waals surface area (Å²) in [4.78, 5) is 24.3. The van der Waals surface area contributed by atoms with Crippen molar-refractivity contribution in [2.24, 2.45) is 5.92 Å². The lowest BCUT2D eigenvalue weighted by molar-refractivity contribution is -0.122. The largest absolute Gasteiger partial charge is 0.379 e. The summed E-state index contributed by atoms with van der Waals surface area (Å²) >= 11 is 0. The Labute approximate surface area is 145 Å². The molecule has 0 unspecified atom stereocenters. The molecule has 2 aromatic rings. The van der Waals surface area contributed by atoms with Crippen molar-refractivity contribution in [2.75, 3.05) is 13.2 Å². The highest BCUT2D eigenvalue weighted by Gasteiger charge is 2.30. The van der Waals surface area contributed by atoms with E-state index in [0.29, 0.717) is 19.6 Å². The molecule has 0 radical (unpaired) electrons. The zero-order valence-corrected chi connectivity index (χ0v) is 14.6. The van der Waals surface area contributed by atoms with Gasteiger partial charge in [-0.25, -0.2) is 4.68 Å². The Kier molecular flexibility index (Phi) is 4.98. The molecule has 1 saturated heterocycles. The molecule has 3 rings (SSSR count). The van der Waals surface area contributed by atoms with Crippen LogP contribution >= 0.6 is 0 Å². The minimum absolute atomic E-state index is 0.107. The number of nitrogens with zero attached hydrogens (tertiary/aromatic N) is 3. The van der Waals surface area contributed by atoms with Crippen LogP contribution in [0, 0.1) is 26.7 Å². The summed E-state index contributed by atoms with van der Waals surface area (Å²) in [5.41, 5.74) is 2.09. The molecule has 25 heavy (non-hydrogen) atoms. The van der Waals surface area contributed by atoms with Gasteiger partial charge in [-0.15, -0.1) is 0 Å². The predicted octanol–water partition coefficient (Wildman–Crippen LogP) is 0.530. The first-order chi connectivity index (χ1) is 11.9. The number of ether oxygens (including phenoxy) is 1. The van der Waals surface area contributed by atoms with Crippen LogP contribution < -0.4 is 10.9 Å². The van der Waals surface area contributed by atoms with Crippen LogP contribution in [0.3, 0.4) is 0 Å². The summed E-state index contributed by atoms with van der Waals surface area (Å²) in [6.07, 6.45) is 0.646. The molecular weight excluding hydrogens is 324 g/mol. The third-order valence-electron chi connectivity index (χ3n) is 4.41. The average Bonchev–Trinajstić information content (AvgIpc) is 3.14. The van der Waals surface area contributed by atoms with Gasteiger partial charge < -0.3 is 14.6 Å². The molecular formula is C17H22N4O4. The van der Waals surface area contributed by atoms with E-state index in [9.17, 15) is 9.59 Å². The SMILES string of the molecule is Cc1cc(C[C@@H]2COC[C@@H]2NC(=O)Cn2nc(C)c(C)cc2=O)on1. The smallest absolute Gasteiger partial charge is 0.267 e. The van der Waals surface area contributed by atoms with E-state index < -0.39 is 0 Å². The van der Waals surface area contributed by atoms with Gasteiger partial charge in [0.25, 0.3) is 5.56 Å². The molecule has 1 N–H and O–H groups in total. The molecule has 8 heteroatoms. The van der Waals surface area contributed by atoms with Crippen molar-refractivity contribution in [1.29, 1.82) is 0 Å². The predicted molar refractivity (Wildman–Crippen MR) is 89.2 cm³/mol. The standard InChI is InChI=1S/C17H22N4O4/c1-10-4-17(23)21(19-12(10)3)7-16(22)18-15-9-24-8-13(15)6-14-5-11(2)20-25-14/h4-5,13,15H,6-9H2,1-3H3,(H,18,22)/t13-,15+/m1/s1. The van der Waals surface area contributed by atoms with Crippen molar-refractivity contribution in [2.45, 2.75) is 39.8 Å². The Balaban J connectivity index is 1.62. The minimum atomic E-state index is -0.283. The maximum Gasteiger partial charge on any atom is 0.267 e. The van der Waals surface area contributed by atoms with E-state index in [4.69, 9.17) is 9.26 Å². The lowest BCUT2D eigenvalue weighted by Gasteiger charge is -2.18. The fraction of sp³-hybridized carbons (Fsp3) is 0.529. The Morgan fingerprint density at radius 3 is 2.84 bits per heavy atom. The van der Waals surface area contributed by atoms with E-state index in [-0.39, 0.29) is 30.0 Å². The highest BCUT2D eigenvalue weighted by molar-refractivity contribution is 5.76. The number of hydrogen-bond donors (Lipinski definition) is 1. The van der Waals surface area contributed by atoms with Crippen LogP contribution in [-0.2, 0) is 22.5 Å². The van der Waals surface area contributed by atoms with Gasteiger partial charge in [0.15, 0.2) is 0 Å². The summed E-state index contributed by atoms with van der Waals surface area (Å²) in [5, 5.41) is 11.0. The van der Waals surface area contributed by atoms with Gasteiger partial charge in [0.2, 0.25) is 5.91 Å². The second-order valence-corrected chi connectivity index (χ2v) is 6.52. The number of rotatable bonds is 5. The molecule has 0 saturated carbocycles. The first-order valence-corrected chi connectivity index (χ1v) is 8.27. The van der Waals surface area contributed by atoms with Gasteiger partial charge in [-0.3, -0.25) is 9.59 Å². The lowest BCUT2D eigenvalue weighted by atomic mass is 9.98. The van der Waals surface area contributed by atoms with Gasteiger partial charge in [0.1, 0.15) is 12.3 Å². The number of nitrogens with one attached hydrogen (secondary N) is 1. The second kappa shape index (κ2) is 7.18. The van der Waals surface area contributed by atoms with Crippen LogP contribution in [0.1, 0.15) is 22.7 Å². The fourth-order valence-corrected chi connectivity index (χ4v) is 2.91. The van der Waals surface area contributed by atoms with Crippen molar-refractivity contribution in [1.82, 2.24) is 20.3 Å². The zero-order chi connectivity index (χ0) is 18.0. The number of carbonyl (C=O) groups is 1. The molecule has 0 spiro atoms. The molecule has 2 atom stereocenters. The van der Waals surface area contributed by atoms with Crippen molar-refractivity contribution < 1.29 is 14.1 Å². The number of amides is 1. The van der Waals surface area contributed by atoms with E-state index in [0.717, 1.165) is 22.7 Å². The monoisotopic (exact) mass is 346 g/mol. The third-order valence-corrected chi connectivity index (χ3v) is 4.41. The van der Waals surface area contributed by atoms with E-state index in [2.05, 4.69) is 15.6 Å². The van der Waals surface area contributed by atoms with Crippen LogP contribution in [0.25, 0.3) is 0 Å². The fourth-order valence-electron chi connectivity index (χ4n) is 2.91. The van der Waals surface area contributed by atoms with Crippen molar-refractivity contribution >= 4 is 5.91 Å². The number of carbonyl (C=O) groups excluding carboxylic acids is 1. The lowest BCUT2D eigenvalue weighted by Crippen LogP contribution is -2.43. The maximum absolute atomic E-state index is 12.3.